The van der Waals surface area contributed by atoms with Crippen LogP contribution in [0.3, 0.4) is 0 Å². The maximum absolute atomic E-state index is 12.7. The molecule has 0 saturated carbocycles. The van der Waals surface area contributed by atoms with Gasteiger partial charge in [-0.15, -0.1) is 0 Å². The lowest BCUT2D eigenvalue weighted by Gasteiger charge is -2.50. The molecule has 4 aliphatic heterocycles. The van der Waals surface area contributed by atoms with E-state index in [-0.39, 0.29) is 29.8 Å². The molecule has 4 saturated heterocycles. The van der Waals surface area contributed by atoms with Gasteiger partial charge in [0.2, 0.25) is 17.7 Å². The van der Waals surface area contributed by atoms with Crippen LogP contribution >= 0.6 is 0 Å². The van der Waals surface area contributed by atoms with E-state index >= 15 is 0 Å². The maximum atomic E-state index is 12.7. The zero-order chi connectivity index (χ0) is 14.8. The number of likely N-dealkylation sites (N-methyl/N-ethyl adjacent to an activating group) is 1. The summed E-state index contributed by atoms with van der Waals surface area (Å²) in [6.45, 7) is 1.42. The van der Waals surface area contributed by atoms with Crippen LogP contribution in [-0.2, 0) is 14.4 Å². The SMILES string of the molecule is CN1CNC(=O)C12CN(C(=O)C1CCC3CCC(=O)N31)C2. The van der Waals surface area contributed by atoms with Gasteiger partial charge in [0.15, 0.2) is 0 Å². The van der Waals surface area contributed by atoms with E-state index in [0.29, 0.717) is 26.2 Å². The molecule has 0 aromatic carbocycles. The summed E-state index contributed by atoms with van der Waals surface area (Å²) in [7, 11) is 1.90. The van der Waals surface area contributed by atoms with Crippen molar-refractivity contribution < 1.29 is 14.4 Å². The minimum atomic E-state index is -0.539. The molecule has 21 heavy (non-hydrogen) atoms. The van der Waals surface area contributed by atoms with E-state index in [1.165, 1.54) is 0 Å². The topological polar surface area (TPSA) is 73.0 Å². The molecule has 0 aliphatic carbocycles. The van der Waals surface area contributed by atoms with Crippen molar-refractivity contribution in [3.05, 3.63) is 0 Å². The molecule has 7 nitrogen and oxygen atoms in total. The zero-order valence-corrected chi connectivity index (χ0v) is 12.2. The number of carbonyl (C=O) groups is 3. The Morgan fingerprint density at radius 1 is 1.24 bits per heavy atom. The first-order valence-corrected chi connectivity index (χ1v) is 7.62. The molecule has 0 bridgehead atoms. The highest BCUT2D eigenvalue weighted by molar-refractivity contribution is 5.95. The van der Waals surface area contributed by atoms with E-state index in [9.17, 15) is 14.4 Å². The Kier molecular flexibility index (Phi) is 2.61. The highest BCUT2D eigenvalue weighted by atomic mass is 16.2. The maximum Gasteiger partial charge on any atom is 0.245 e. The molecule has 0 radical (unpaired) electrons. The summed E-state index contributed by atoms with van der Waals surface area (Å²) in [5, 5.41) is 2.82. The van der Waals surface area contributed by atoms with Gasteiger partial charge >= 0.3 is 0 Å². The second-order valence-electron chi connectivity index (χ2n) is 6.67. The molecule has 4 heterocycles. The Morgan fingerprint density at radius 2 is 2.00 bits per heavy atom. The molecule has 1 N–H and O–H groups in total. The minimum Gasteiger partial charge on any atom is -0.342 e. The van der Waals surface area contributed by atoms with E-state index in [2.05, 4.69) is 5.32 Å². The van der Waals surface area contributed by atoms with E-state index < -0.39 is 5.54 Å². The van der Waals surface area contributed by atoms with Crippen LogP contribution in [0, 0.1) is 0 Å². The molecule has 0 aromatic heterocycles. The number of nitrogens with zero attached hydrogens (tertiary/aromatic N) is 3. The van der Waals surface area contributed by atoms with Gasteiger partial charge in [0.1, 0.15) is 11.6 Å². The van der Waals surface area contributed by atoms with Crippen LogP contribution in [0.15, 0.2) is 0 Å². The van der Waals surface area contributed by atoms with Crippen LogP contribution in [0.2, 0.25) is 0 Å². The van der Waals surface area contributed by atoms with Gasteiger partial charge in [0.05, 0.1) is 19.8 Å². The molecule has 2 atom stereocenters. The molecular formula is C14H20N4O3. The number of likely N-dealkylation sites (tertiary alicyclic amines) is 1. The standard InChI is InChI=1S/C14H20N4O3/c1-16-8-15-13(21)14(16)6-17(7-14)12(20)10-4-2-9-3-5-11(19)18(9)10/h9-10H,2-8H2,1H3,(H,15,21). The Balaban J connectivity index is 1.46. The van der Waals surface area contributed by atoms with Crippen molar-refractivity contribution in [2.45, 2.75) is 43.3 Å². The van der Waals surface area contributed by atoms with Gasteiger partial charge in [0.25, 0.3) is 0 Å². The summed E-state index contributed by atoms with van der Waals surface area (Å²) in [4.78, 5) is 42.0. The normalized spacial score (nSPS) is 34.3. The predicted octanol–water partition coefficient (Wildman–Crippen LogP) is -1.26. The van der Waals surface area contributed by atoms with Gasteiger partial charge < -0.3 is 15.1 Å². The molecule has 4 fully saturated rings. The number of fused-ring (bicyclic) bond motifs is 1. The Bertz CT molecular complexity index is 528. The number of hydrogen-bond acceptors (Lipinski definition) is 4. The molecule has 4 rings (SSSR count). The molecule has 3 amide bonds. The third-order valence-electron chi connectivity index (χ3n) is 5.61. The summed E-state index contributed by atoms with van der Waals surface area (Å²) < 4.78 is 0. The lowest BCUT2D eigenvalue weighted by atomic mass is 9.88. The van der Waals surface area contributed by atoms with Gasteiger partial charge in [-0.3, -0.25) is 19.3 Å². The van der Waals surface area contributed by atoms with Crippen molar-refractivity contribution >= 4 is 17.7 Å². The van der Waals surface area contributed by atoms with Crippen molar-refractivity contribution in [3.8, 4) is 0 Å². The fourth-order valence-electron chi connectivity index (χ4n) is 4.22. The number of rotatable bonds is 1. The van der Waals surface area contributed by atoms with Crippen molar-refractivity contribution in [1.29, 1.82) is 0 Å². The van der Waals surface area contributed by atoms with E-state index in [0.717, 1.165) is 19.3 Å². The van der Waals surface area contributed by atoms with Crippen LogP contribution < -0.4 is 5.32 Å². The first kappa shape index (κ1) is 13.1. The summed E-state index contributed by atoms with van der Waals surface area (Å²) in [5.74, 6) is 0.142. The quantitative estimate of drug-likeness (QED) is 0.655. The van der Waals surface area contributed by atoms with Crippen molar-refractivity contribution in [1.82, 2.24) is 20.0 Å². The van der Waals surface area contributed by atoms with Crippen molar-refractivity contribution in [3.63, 3.8) is 0 Å². The summed E-state index contributed by atoms with van der Waals surface area (Å²) in [6.07, 6.45) is 3.16. The van der Waals surface area contributed by atoms with Gasteiger partial charge in [-0.25, -0.2) is 0 Å². The average molecular weight is 292 g/mol. The third-order valence-corrected chi connectivity index (χ3v) is 5.61. The molecule has 0 aromatic rings. The van der Waals surface area contributed by atoms with E-state index in [4.69, 9.17) is 0 Å². The lowest BCUT2D eigenvalue weighted by molar-refractivity contribution is -0.156. The fourth-order valence-corrected chi connectivity index (χ4v) is 4.22. The summed E-state index contributed by atoms with van der Waals surface area (Å²) in [5.41, 5.74) is -0.539. The Morgan fingerprint density at radius 3 is 2.67 bits per heavy atom. The molecule has 1 spiro atoms. The fraction of sp³-hybridized carbons (Fsp3) is 0.786. The van der Waals surface area contributed by atoms with E-state index in [1.54, 1.807) is 9.80 Å². The van der Waals surface area contributed by atoms with Crippen molar-refractivity contribution in [2.75, 3.05) is 26.8 Å². The first-order valence-electron chi connectivity index (χ1n) is 7.62. The van der Waals surface area contributed by atoms with Gasteiger partial charge in [0, 0.05) is 12.5 Å². The van der Waals surface area contributed by atoms with Crippen LogP contribution in [0.25, 0.3) is 0 Å². The third kappa shape index (κ3) is 1.61. The van der Waals surface area contributed by atoms with Gasteiger partial charge in [-0.05, 0) is 26.3 Å². The molecule has 114 valence electrons. The molecule has 7 heteroatoms. The first-order chi connectivity index (χ1) is 10.0. The van der Waals surface area contributed by atoms with Gasteiger partial charge in [-0.1, -0.05) is 0 Å². The average Bonchev–Trinajstić information content (AvgIpc) is 3.05. The predicted molar refractivity (Wildman–Crippen MR) is 73.0 cm³/mol. The number of nitrogens with one attached hydrogen (secondary N) is 1. The smallest absolute Gasteiger partial charge is 0.245 e. The Hall–Kier alpha value is -1.63. The van der Waals surface area contributed by atoms with Crippen LogP contribution in [0.5, 0.6) is 0 Å². The molecule has 2 unspecified atom stereocenters. The lowest BCUT2D eigenvalue weighted by Crippen LogP contribution is -2.73. The van der Waals surface area contributed by atoms with E-state index in [1.807, 2.05) is 11.9 Å². The molecule has 4 aliphatic rings. The zero-order valence-electron chi connectivity index (χ0n) is 12.2. The van der Waals surface area contributed by atoms with Crippen LogP contribution in [-0.4, -0.2) is 76.8 Å². The highest BCUT2D eigenvalue weighted by Gasteiger charge is 2.58. The second-order valence-corrected chi connectivity index (χ2v) is 6.67. The summed E-state index contributed by atoms with van der Waals surface area (Å²) in [6, 6.07) is -0.0312. The highest BCUT2D eigenvalue weighted by Crippen LogP contribution is 2.37. The number of hydrogen-bond donors (Lipinski definition) is 1. The minimum absolute atomic E-state index is 0.00981. The van der Waals surface area contributed by atoms with Gasteiger partial charge in [-0.2, -0.15) is 0 Å². The monoisotopic (exact) mass is 292 g/mol. The Labute approximate surface area is 123 Å². The summed E-state index contributed by atoms with van der Waals surface area (Å²) >= 11 is 0. The number of carbonyl (C=O) groups excluding carboxylic acids is 3. The second kappa shape index (κ2) is 4.19. The number of amides is 3. The van der Waals surface area contributed by atoms with Crippen LogP contribution in [0.1, 0.15) is 25.7 Å². The molecular weight excluding hydrogens is 272 g/mol. The van der Waals surface area contributed by atoms with Crippen LogP contribution in [0.4, 0.5) is 0 Å². The van der Waals surface area contributed by atoms with Crippen molar-refractivity contribution in [2.24, 2.45) is 0 Å². The largest absolute Gasteiger partial charge is 0.342 e.